The van der Waals surface area contributed by atoms with Crippen LogP contribution in [0.2, 0.25) is 0 Å². The molecule has 5 nitrogen and oxygen atoms in total. The van der Waals surface area contributed by atoms with Gasteiger partial charge in [0.25, 0.3) is 0 Å². The Balaban J connectivity index is 0.00000264. The zero-order valence-electron chi connectivity index (χ0n) is 13.5. The van der Waals surface area contributed by atoms with Gasteiger partial charge < -0.3 is 15.8 Å². The molecule has 0 bridgehead atoms. The third-order valence-corrected chi connectivity index (χ3v) is 4.40. The first-order valence-electron chi connectivity index (χ1n) is 7.85. The molecule has 1 saturated heterocycles. The van der Waals surface area contributed by atoms with E-state index in [1.54, 1.807) is 0 Å². The number of hydrogen-bond donors (Lipinski definition) is 2. The van der Waals surface area contributed by atoms with E-state index in [-0.39, 0.29) is 24.0 Å². The SMILES string of the molecule is CCN1CCCC1CN=C(N)NCCOc1ccc(Br)cc1.I. The molecular formula is C16H26BrIN4O. The summed E-state index contributed by atoms with van der Waals surface area (Å²) in [5.41, 5.74) is 5.90. The van der Waals surface area contributed by atoms with Crippen LogP contribution >= 0.6 is 39.9 Å². The topological polar surface area (TPSA) is 62.9 Å². The van der Waals surface area contributed by atoms with Crippen molar-refractivity contribution >= 4 is 45.9 Å². The summed E-state index contributed by atoms with van der Waals surface area (Å²) in [6, 6.07) is 8.32. The quantitative estimate of drug-likeness (QED) is 0.264. The third-order valence-electron chi connectivity index (χ3n) is 3.87. The van der Waals surface area contributed by atoms with Crippen LogP contribution in [0.4, 0.5) is 0 Å². The number of halogens is 2. The molecule has 130 valence electrons. The summed E-state index contributed by atoms with van der Waals surface area (Å²) < 4.78 is 6.67. The molecule has 1 aromatic rings. The van der Waals surface area contributed by atoms with E-state index < -0.39 is 0 Å². The van der Waals surface area contributed by atoms with Crippen molar-refractivity contribution < 1.29 is 4.74 Å². The fourth-order valence-electron chi connectivity index (χ4n) is 2.66. The van der Waals surface area contributed by atoms with Crippen LogP contribution in [0, 0.1) is 0 Å². The zero-order chi connectivity index (χ0) is 15.8. The van der Waals surface area contributed by atoms with Gasteiger partial charge in [0, 0.05) is 10.5 Å². The summed E-state index contributed by atoms with van der Waals surface area (Å²) in [6.07, 6.45) is 2.49. The van der Waals surface area contributed by atoms with E-state index in [2.05, 4.69) is 38.1 Å². The highest BCUT2D eigenvalue weighted by atomic mass is 127. The van der Waals surface area contributed by atoms with Gasteiger partial charge in [0.15, 0.2) is 5.96 Å². The minimum atomic E-state index is 0. The van der Waals surface area contributed by atoms with Crippen LogP contribution in [0.3, 0.4) is 0 Å². The lowest BCUT2D eigenvalue weighted by atomic mass is 10.2. The molecular weight excluding hydrogens is 471 g/mol. The number of hydrogen-bond acceptors (Lipinski definition) is 3. The lowest BCUT2D eigenvalue weighted by molar-refractivity contribution is 0.273. The van der Waals surface area contributed by atoms with E-state index in [9.17, 15) is 0 Å². The van der Waals surface area contributed by atoms with Gasteiger partial charge in [-0.15, -0.1) is 24.0 Å². The number of nitrogens with two attached hydrogens (primary N) is 1. The van der Waals surface area contributed by atoms with E-state index in [1.165, 1.54) is 19.4 Å². The van der Waals surface area contributed by atoms with Gasteiger partial charge in [-0.2, -0.15) is 0 Å². The Morgan fingerprint density at radius 3 is 2.87 bits per heavy atom. The molecule has 0 amide bonds. The number of likely N-dealkylation sites (tertiary alicyclic amines) is 1. The number of nitrogens with zero attached hydrogens (tertiary/aromatic N) is 2. The molecule has 0 aromatic heterocycles. The van der Waals surface area contributed by atoms with E-state index in [4.69, 9.17) is 10.5 Å². The molecule has 0 aliphatic carbocycles. The highest BCUT2D eigenvalue weighted by molar-refractivity contribution is 14.0. The number of rotatable bonds is 7. The highest BCUT2D eigenvalue weighted by Gasteiger charge is 2.22. The molecule has 1 unspecified atom stereocenters. The second-order valence-corrected chi connectivity index (χ2v) is 6.30. The van der Waals surface area contributed by atoms with Gasteiger partial charge >= 0.3 is 0 Å². The number of aliphatic imine (C=N–C) groups is 1. The normalized spacial score (nSPS) is 18.5. The van der Waals surface area contributed by atoms with Crippen molar-refractivity contribution in [2.45, 2.75) is 25.8 Å². The minimum Gasteiger partial charge on any atom is -0.492 e. The molecule has 0 spiro atoms. The fraction of sp³-hybridized carbons (Fsp3) is 0.562. The first kappa shape index (κ1) is 20.5. The molecule has 1 aromatic carbocycles. The van der Waals surface area contributed by atoms with E-state index >= 15 is 0 Å². The van der Waals surface area contributed by atoms with E-state index in [1.807, 2.05) is 24.3 Å². The number of guanidine groups is 1. The summed E-state index contributed by atoms with van der Waals surface area (Å²) in [7, 11) is 0. The Hall–Kier alpha value is -0.540. The fourth-order valence-corrected chi connectivity index (χ4v) is 2.92. The largest absolute Gasteiger partial charge is 0.492 e. The van der Waals surface area contributed by atoms with Crippen LogP contribution in [-0.4, -0.2) is 49.7 Å². The monoisotopic (exact) mass is 496 g/mol. The molecule has 1 aliphatic heterocycles. The first-order chi connectivity index (χ1) is 10.7. The number of likely N-dealkylation sites (N-methyl/N-ethyl adjacent to an activating group) is 1. The van der Waals surface area contributed by atoms with Crippen molar-refractivity contribution in [1.82, 2.24) is 10.2 Å². The first-order valence-corrected chi connectivity index (χ1v) is 8.64. The summed E-state index contributed by atoms with van der Waals surface area (Å²) in [5, 5.41) is 3.10. The number of ether oxygens (including phenoxy) is 1. The number of nitrogens with one attached hydrogen (secondary N) is 1. The Labute approximate surface area is 164 Å². The molecule has 1 heterocycles. The maximum atomic E-state index is 5.90. The van der Waals surface area contributed by atoms with Crippen LogP contribution in [0.1, 0.15) is 19.8 Å². The lowest BCUT2D eigenvalue weighted by Crippen LogP contribution is -2.37. The van der Waals surface area contributed by atoms with Crippen LogP contribution in [0.25, 0.3) is 0 Å². The Kier molecular flexibility index (Phi) is 9.89. The van der Waals surface area contributed by atoms with Crippen molar-refractivity contribution in [3.8, 4) is 5.75 Å². The van der Waals surface area contributed by atoms with Crippen LogP contribution in [0.5, 0.6) is 5.75 Å². The minimum absolute atomic E-state index is 0. The van der Waals surface area contributed by atoms with Crippen molar-refractivity contribution in [2.75, 3.05) is 32.8 Å². The lowest BCUT2D eigenvalue weighted by Gasteiger charge is -2.20. The van der Waals surface area contributed by atoms with Crippen LogP contribution in [0.15, 0.2) is 33.7 Å². The maximum Gasteiger partial charge on any atom is 0.188 e. The summed E-state index contributed by atoms with van der Waals surface area (Å²) in [5.74, 6) is 1.35. The Bertz CT molecular complexity index is 483. The molecule has 23 heavy (non-hydrogen) atoms. The summed E-state index contributed by atoms with van der Waals surface area (Å²) in [6.45, 7) is 6.46. The standard InChI is InChI=1S/C16H25BrN4O.HI/c1-2-21-10-3-4-14(21)12-20-16(18)19-9-11-22-15-7-5-13(17)6-8-15;/h5-8,14H,2-4,9-12H2,1H3,(H3,18,19,20);1H. The second-order valence-electron chi connectivity index (χ2n) is 5.38. The molecule has 1 fully saturated rings. The predicted octanol–water partition coefficient (Wildman–Crippen LogP) is 2.83. The Morgan fingerprint density at radius 2 is 2.17 bits per heavy atom. The smallest absolute Gasteiger partial charge is 0.188 e. The van der Waals surface area contributed by atoms with Crippen LogP contribution in [-0.2, 0) is 0 Å². The molecule has 1 atom stereocenters. The average Bonchev–Trinajstić information content (AvgIpc) is 2.99. The van der Waals surface area contributed by atoms with Crippen LogP contribution < -0.4 is 15.8 Å². The zero-order valence-corrected chi connectivity index (χ0v) is 17.4. The Morgan fingerprint density at radius 1 is 1.43 bits per heavy atom. The molecule has 3 N–H and O–H groups in total. The average molecular weight is 497 g/mol. The predicted molar refractivity (Wildman–Crippen MR) is 110 cm³/mol. The van der Waals surface area contributed by atoms with Crippen molar-refractivity contribution in [3.63, 3.8) is 0 Å². The van der Waals surface area contributed by atoms with Gasteiger partial charge in [-0.25, -0.2) is 0 Å². The van der Waals surface area contributed by atoms with E-state index in [0.29, 0.717) is 25.2 Å². The highest BCUT2D eigenvalue weighted by Crippen LogP contribution is 2.17. The van der Waals surface area contributed by atoms with Crippen molar-refractivity contribution in [2.24, 2.45) is 10.7 Å². The molecule has 2 rings (SSSR count). The van der Waals surface area contributed by atoms with Gasteiger partial charge in [0.1, 0.15) is 12.4 Å². The van der Waals surface area contributed by atoms with Gasteiger partial charge in [-0.05, 0) is 50.2 Å². The van der Waals surface area contributed by atoms with Gasteiger partial charge in [0.05, 0.1) is 13.1 Å². The third kappa shape index (κ3) is 7.26. The molecule has 0 saturated carbocycles. The van der Waals surface area contributed by atoms with Gasteiger partial charge in [-0.1, -0.05) is 22.9 Å². The molecule has 0 radical (unpaired) electrons. The van der Waals surface area contributed by atoms with Crippen molar-refractivity contribution in [3.05, 3.63) is 28.7 Å². The molecule has 1 aliphatic rings. The van der Waals surface area contributed by atoms with Crippen molar-refractivity contribution in [1.29, 1.82) is 0 Å². The maximum absolute atomic E-state index is 5.90. The number of benzene rings is 1. The van der Waals surface area contributed by atoms with Gasteiger partial charge in [-0.3, -0.25) is 9.89 Å². The van der Waals surface area contributed by atoms with E-state index in [0.717, 1.165) is 23.3 Å². The second kappa shape index (κ2) is 11.1. The van der Waals surface area contributed by atoms with Gasteiger partial charge in [0.2, 0.25) is 0 Å². The summed E-state index contributed by atoms with van der Waals surface area (Å²) >= 11 is 3.40. The molecule has 7 heteroatoms. The summed E-state index contributed by atoms with van der Waals surface area (Å²) in [4.78, 5) is 6.91.